The third-order valence-electron chi connectivity index (χ3n) is 4.48. The maximum atomic E-state index is 10.5. The van der Waals surface area contributed by atoms with Crippen molar-refractivity contribution < 1.29 is 9.84 Å². The van der Waals surface area contributed by atoms with Crippen LogP contribution >= 0.6 is 0 Å². The van der Waals surface area contributed by atoms with Gasteiger partial charge in [-0.25, -0.2) is 9.97 Å². The zero-order chi connectivity index (χ0) is 14.8. The Morgan fingerprint density at radius 1 is 1.43 bits per heavy atom. The third-order valence-corrected chi connectivity index (χ3v) is 4.48. The molecule has 2 aromatic rings. The molecule has 0 bridgehead atoms. The monoisotopic (exact) mass is 289 g/mol. The number of rotatable bonds is 0. The molecule has 0 saturated carbocycles. The van der Waals surface area contributed by atoms with Gasteiger partial charge in [0.05, 0.1) is 11.6 Å². The summed E-state index contributed by atoms with van der Waals surface area (Å²) in [4.78, 5) is 11.2. The maximum absolute atomic E-state index is 10.5. The molecule has 3 atom stereocenters. The fraction of sp³-hybridized carbons (Fsp3) is 0.643. The van der Waals surface area contributed by atoms with Crippen LogP contribution in [0.3, 0.4) is 0 Å². The molecule has 0 aromatic carbocycles. The van der Waals surface area contributed by atoms with Gasteiger partial charge >= 0.3 is 0 Å². The molecular formula is C14H19N5O2. The molecule has 2 aliphatic heterocycles. The highest BCUT2D eigenvalue weighted by molar-refractivity contribution is 5.92. The number of H-pyrrole nitrogens is 1. The van der Waals surface area contributed by atoms with Gasteiger partial charge in [0, 0.05) is 6.54 Å². The summed E-state index contributed by atoms with van der Waals surface area (Å²) < 4.78 is 6.00. The Morgan fingerprint density at radius 3 is 3.05 bits per heavy atom. The van der Waals surface area contributed by atoms with Gasteiger partial charge in [-0.3, -0.25) is 5.10 Å². The third kappa shape index (κ3) is 1.87. The van der Waals surface area contributed by atoms with E-state index in [2.05, 4.69) is 25.1 Å². The standard InChI is InChI=1S/C14H19N5O2/c1-7-9-4-5-14(3,20)6-19(9)12-10-11(15-8(2)16-12)17-18-13(10)21-7/h7,9,20H,4-6H2,1-3H3,(H,15,16,17,18)/t7?,9-,14+/m1/s1. The molecule has 2 aliphatic rings. The summed E-state index contributed by atoms with van der Waals surface area (Å²) in [5.41, 5.74) is -0.0270. The van der Waals surface area contributed by atoms with Crippen molar-refractivity contribution in [2.24, 2.45) is 0 Å². The van der Waals surface area contributed by atoms with Crippen LogP contribution in [0.25, 0.3) is 11.0 Å². The summed E-state index contributed by atoms with van der Waals surface area (Å²) >= 11 is 0. The molecule has 2 aromatic heterocycles. The summed E-state index contributed by atoms with van der Waals surface area (Å²) in [6.45, 7) is 6.33. The number of hydrogen-bond acceptors (Lipinski definition) is 6. The summed E-state index contributed by atoms with van der Waals surface area (Å²) in [7, 11) is 0. The van der Waals surface area contributed by atoms with Crippen LogP contribution in [0.5, 0.6) is 5.88 Å². The van der Waals surface area contributed by atoms with E-state index >= 15 is 0 Å². The number of nitrogens with one attached hydrogen (secondary N) is 1. The number of aromatic nitrogens is 4. The van der Waals surface area contributed by atoms with E-state index in [9.17, 15) is 5.11 Å². The van der Waals surface area contributed by atoms with Crippen molar-refractivity contribution in [2.45, 2.75) is 51.4 Å². The number of aryl methyl sites for hydroxylation is 1. The van der Waals surface area contributed by atoms with Crippen molar-refractivity contribution in [3.63, 3.8) is 0 Å². The highest BCUT2D eigenvalue weighted by Gasteiger charge is 2.42. The Balaban J connectivity index is 1.95. The predicted octanol–water partition coefficient (Wildman–Crippen LogP) is 1.16. The lowest BCUT2D eigenvalue weighted by molar-refractivity contribution is 0.0242. The Morgan fingerprint density at radius 2 is 2.24 bits per heavy atom. The number of piperidine rings is 1. The number of fused-ring (bicyclic) bond motifs is 2. The fourth-order valence-corrected chi connectivity index (χ4v) is 3.44. The van der Waals surface area contributed by atoms with E-state index in [-0.39, 0.29) is 12.1 Å². The Hall–Kier alpha value is -1.89. The number of hydrogen-bond donors (Lipinski definition) is 2. The van der Waals surface area contributed by atoms with Gasteiger partial charge in [-0.2, -0.15) is 0 Å². The first-order chi connectivity index (χ1) is 9.94. The van der Waals surface area contributed by atoms with Crippen molar-refractivity contribution in [3.8, 4) is 5.88 Å². The molecule has 2 N–H and O–H groups in total. The van der Waals surface area contributed by atoms with E-state index in [4.69, 9.17) is 4.74 Å². The Bertz CT molecular complexity index is 711. The van der Waals surface area contributed by atoms with Gasteiger partial charge in [0.1, 0.15) is 23.1 Å². The SMILES string of the molecule is Cc1nc2c3c(n[nH]c3n1)OC(C)[C@H]1CC[C@](C)(O)CN21. The first-order valence-corrected chi connectivity index (χ1v) is 7.33. The zero-order valence-corrected chi connectivity index (χ0v) is 12.4. The first kappa shape index (κ1) is 12.8. The van der Waals surface area contributed by atoms with Crippen molar-refractivity contribution in [1.82, 2.24) is 20.2 Å². The van der Waals surface area contributed by atoms with E-state index in [0.29, 0.717) is 23.9 Å². The number of nitrogens with zero attached hydrogens (tertiary/aromatic N) is 4. The molecule has 7 nitrogen and oxygen atoms in total. The predicted molar refractivity (Wildman–Crippen MR) is 77.5 cm³/mol. The van der Waals surface area contributed by atoms with E-state index in [1.165, 1.54) is 0 Å². The summed E-state index contributed by atoms with van der Waals surface area (Å²) in [6, 6.07) is 0.192. The number of aromatic amines is 1. The molecule has 21 heavy (non-hydrogen) atoms. The quantitative estimate of drug-likeness (QED) is 0.757. The zero-order valence-electron chi connectivity index (χ0n) is 12.4. The van der Waals surface area contributed by atoms with E-state index < -0.39 is 5.60 Å². The van der Waals surface area contributed by atoms with Crippen molar-refractivity contribution in [3.05, 3.63) is 5.82 Å². The van der Waals surface area contributed by atoms with Crippen LogP contribution in [-0.2, 0) is 0 Å². The summed E-state index contributed by atoms with van der Waals surface area (Å²) in [5.74, 6) is 2.06. The first-order valence-electron chi connectivity index (χ1n) is 7.33. The Labute approximate surface area is 122 Å². The molecular weight excluding hydrogens is 270 g/mol. The lowest BCUT2D eigenvalue weighted by Crippen LogP contribution is -2.55. The molecule has 1 unspecified atom stereocenters. The summed E-state index contributed by atoms with van der Waals surface area (Å²) in [6.07, 6.45) is 1.62. The average molecular weight is 289 g/mol. The number of anilines is 1. The minimum absolute atomic E-state index is 0.0119. The van der Waals surface area contributed by atoms with Crippen LogP contribution in [0.15, 0.2) is 0 Å². The second-order valence-electron chi connectivity index (χ2n) is 6.40. The molecule has 4 rings (SSSR count). The highest BCUT2D eigenvalue weighted by Crippen LogP contribution is 2.40. The average Bonchev–Trinajstić information content (AvgIpc) is 2.74. The van der Waals surface area contributed by atoms with E-state index in [1.807, 2.05) is 20.8 Å². The van der Waals surface area contributed by atoms with Gasteiger partial charge < -0.3 is 14.7 Å². The van der Waals surface area contributed by atoms with Crippen LogP contribution in [0, 0.1) is 6.92 Å². The second-order valence-corrected chi connectivity index (χ2v) is 6.40. The van der Waals surface area contributed by atoms with Crippen molar-refractivity contribution >= 4 is 16.9 Å². The lowest BCUT2D eigenvalue weighted by Gasteiger charge is -2.44. The maximum Gasteiger partial charge on any atom is 0.246 e. The van der Waals surface area contributed by atoms with Crippen molar-refractivity contribution in [2.75, 3.05) is 11.4 Å². The van der Waals surface area contributed by atoms with Gasteiger partial charge in [-0.05, 0) is 33.6 Å². The topological polar surface area (TPSA) is 87.2 Å². The van der Waals surface area contributed by atoms with Crippen LogP contribution < -0.4 is 9.64 Å². The van der Waals surface area contributed by atoms with Crippen molar-refractivity contribution in [1.29, 1.82) is 0 Å². The van der Waals surface area contributed by atoms with Crippen LogP contribution in [-0.4, -0.2) is 49.6 Å². The normalized spacial score (nSPS) is 31.7. The Kier molecular flexibility index (Phi) is 2.48. The molecule has 0 radical (unpaired) electrons. The molecule has 1 fully saturated rings. The van der Waals surface area contributed by atoms with Crippen LogP contribution in [0.2, 0.25) is 0 Å². The lowest BCUT2D eigenvalue weighted by atomic mass is 9.88. The molecule has 112 valence electrons. The molecule has 0 spiro atoms. The van der Waals surface area contributed by atoms with Gasteiger partial charge in [0.2, 0.25) is 5.88 Å². The second kappa shape index (κ2) is 4.07. The van der Waals surface area contributed by atoms with E-state index in [1.54, 1.807) is 0 Å². The summed E-state index contributed by atoms with van der Waals surface area (Å²) in [5, 5.41) is 18.4. The molecule has 1 saturated heterocycles. The van der Waals surface area contributed by atoms with Gasteiger partial charge in [-0.15, -0.1) is 5.10 Å². The van der Waals surface area contributed by atoms with Crippen LogP contribution in [0.1, 0.15) is 32.5 Å². The number of aliphatic hydroxyl groups is 1. The number of ether oxygens (including phenoxy) is 1. The molecule has 0 aliphatic carbocycles. The van der Waals surface area contributed by atoms with Gasteiger partial charge in [0.25, 0.3) is 0 Å². The van der Waals surface area contributed by atoms with Gasteiger partial charge in [-0.1, -0.05) is 0 Å². The molecule has 7 heteroatoms. The fourth-order valence-electron chi connectivity index (χ4n) is 3.44. The molecule has 0 amide bonds. The van der Waals surface area contributed by atoms with Gasteiger partial charge in [0.15, 0.2) is 5.65 Å². The smallest absolute Gasteiger partial charge is 0.246 e. The van der Waals surface area contributed by atoms with E-state index in [0.717, 1.165) is 24.0 Å². The minimum atomic E-state index is -0.713. The largest absolute Gasteiger partial charge is 0.471 e. The highest BCUT2D eigenvalue weighted by atomic mass is 16.5. The molecule has 4 heterocycles. The van der Waals surface area contributed by atoms with Crippen LogP contribution in [0.4, 0.5) is 5.82 Å². The minimum Gasteiger partial charge on any atom is -0.471 e.